The Kier molecular flexibility index (Phi) is 2.31. The summed E-state index contributed by atoms with van der Waals surface area (Å²) < 4.78 is 3.89. The molecule has 0 saturated carbocycles. The normalized spacial score (nSPS) is 24.6. The number of aryl methyl sites for hydroxylation is 2. The van der Waals surface area contributed by atoms with Gasteiger partial charge in [0.25, 0.3) is 5.91 Å². The molecular formula is C14H17N5O. The fourth-order valence-corrected chi connectivity index (χ4v) is 3.52. The third kappa shape index (κ3) is 1.54. The highest BCUT2D eigenvalue weighted by Crippen LogP contribution is 2.41. The first kappa shape index (κ1) is 11.7. The average molecular weight is 271 g/mol. The summed E-state index contributed by atoms with van der Waals surface area (Å²) in [4.78, 5) is 18.9. The first-order chi connectivity index (χ1) is 9.68. The number of carbonyl (C=O) groups excluding carboxylic acids is 1. The van der Waals surface area contributed by atoms with Crippen LogP contribution < -0.4 is 0 Å². The van der Waals surface area contributed by atoms with Crippen molar-refractivity contribution < 1.29 is 4.79 Å². The highest BCUT2D eigenvalue weighted by molar-refractivity contribution is 5.92. The van der Waals surface area contributed by atoms with Crippen LogP contribution in [0, 0.1) is 0 Å². The number of aromatic nitrogens is 4. The number of hydrogen-bond donors (Lipinski definition) is 0. The molecule has 1 fully saturated rings. The standard InChI is InChI=1S/C14H17N5O/c1-17-6-2-11(16-17)12(20)19-8-4-14(10-19)3-7-18-9-5-15-13(14)18/h2,5-6,9H,3-4,7-8,10H2,1H3/t14-/m0/s1. The lowest BCUT2D eigenvalue weighted by molar-refractivity contribution is 0.0776. The third-order valence-corrected chi connectivity index (χ3v) is 4.59. The van der Waals surface area contributed by atoms with E-state index < -0.39 is 0 Å². The van der Waals surface area contributed by atoms with Crippen molar-refractivity contribution in [2.24, 2.45) is 7.05 Å². The Labute approximate surface area is 117 Å². The minimum atomic E-state index is 0.0347. The van der Waals surface area contributed by atoms with E-state index in [1.807, 2.05) is 24.3 Å². The van der Waals surface area contributed by atoms with Gasteiger partial charge in [-0.25, -0.2) is 4.98 Å². The van der Waals surface area contributed by atoms with Crippen LogP contribution in [0.15, 0.2) is 24.7 Å². The molecule has 4 rings (SSSR count). The minimum Gasteiger partial charge on any atom is -0.336 e. The van der Waals surface area contributed by atoms with E-state index in [4.69, 9.17) is 0 Å². The highest BCUT2D eigenvalue weighted by Gasteiger charge is 2.47. The van der Waals surface area contributed by atoms with Crippen LogP contribution in [0.25, 0.3) is 0 Å². The second-order valence-electron chi connectivity index (χ2n) is 5.83. The monoisotopic (exact) mass is 271 g/mol. The topological polar surface area (TPSA) is 56.0 Å². The molecule has 6 nitrogen and oxygen atoms in total. The number of nitrogens with zero attached hydrogens (tertiary/aromatic N) is 5. The van der Waals surface area contributed by atoms with E-state index >= 15 is 0 Å². The molecule has 0 N–H and O–H groups in total. The van der Waals surface area contributed by atoms with Crippen LogP contribution in [-0.2, 0) is 19.0 Å². The molecule has 6 heteroatoms. The molecule has 0 radical (unpaired) electrons. The molecule has 1 amide bonds. The van der Waals surface area contributed by atoms with Crippen LogP contribution in [0.1, 0.15) is 29.2 Å². The van der Waals surface area contributed by atoms with Gasteiger partial charge in [-0.1, -0.05) is 0 Å². The van der Waals surface area contributed by atoms with Crippen LogP contribution in [0.4, 0.5) is 0 Å². The van der Waals surface area contributed by atoms with Gasteiger partial charge in [-0.15, -0.1) is 0 Å². The van der Waals surface area contributed by atoms with Crippen molar-refractivity contribution in [3.8, 4) is 0 Å². The molecule has 0 aromatic carbocycles. The average Bonchev–Trinajstić information content (AvgIpc) is 3.18. The summed E-state index contributed by atoms with van der Waals surface area (Å²) in [5.41, 5.74) is 0.597. The lowest BCUT2D eigenvalue weighted by Gasteiger charge is -2.22. The summed E-state index contributed by atoms with van der Waals surface area (Å²) in [6, 6.07) is 1.78. The second-order valence-corrected chi connectivity index (χ2v) is 5.83. The molecule has 20 heavy (non-hydrogen) atoms. The van der Waals surface area contributed by atoms with Gasteiger partial charge in [0.15, 0.2) is 0 Å². The van der Waals surface area contributed by atoms with Crippen molar-refractivity contribution in [3.05, 3.63) is 36.2 Å². The van der Waals surface area contributed by atoms with Gasteiger partial charge in [0, 0.05) is 50.7 Å². The molecule has 4 heterocycles. The lowest BCUT2D eigenvalue weighted by atomic mass is 9.85. The smallest absolute Gasteiger partial charge is 0.274 e. The molecule has 2 aliphatic heterocycles. The number of carbonyl (C=O) groups is 1. The van der Waals surface area contributed by atoms with E-state index in [0.717, 1.165) is 38.3 Å². The van der Waals surface area contributed by atoms with Crippen molar-refractivity contribution in [1.82, 2.24) is 24.2 Å². The SMILES string of the molecule is Cn1ccc(C(=O)N2CC[C@@]3(CCn4ccnc43)C2)n1. The van der Waals surface area contributed by atoms with Gasteiger partial charge in [0.1, 0.15) is 11.5 Å². The van der Waals surface area contributed by atoms with Gasteiger partial charge in [-0.2, -0.15) is 5.10 Å². The predicted octanol–water partition coefficient (Wildman–Crippen LogP) is 0.804. The fourth-order valence-electron chi connectivity index (χ4n) is 3.52. The molecule has 0 bridgehead atoms. The number of amides is 1. The maximum Gasteiger partial charge on any atom is 0.274 e. The maximum absolute atomic E-state index is 12.5. The van der Waals surface area contributed by atoms with Crippen LogP contribution >= 0.6 is 0 Å². The molecule has 2 aromatic rings. The molecular weight excluding hydrogens is 254 g/mol. The van der Waals surface area contributed by atoms with Gasteiger partial charge in [0.2, 0.25) is 0 Å². The van der Waals surface area contributed by atoms with E-state index in [-0.39, 0.29) is 11.3 Å². The molecule has 1 atom stereocenters. The van der Waals surface area contributed by atoms with Crippen molar-refractivity contribution in [2.75, 3.05) is 13.1 Å². The largest absolute Gasteiger partial charge is 0.336 e. The van der Waals surface area contributed by atoms with Gasteiger partial charge >= 0.3 is 0 Å². The Morgan fingerprint density at radius 3 is 2.95 bits per heavy atom. The summed E-state index contributed by atoms with van der Waals surface area (Å²) in [5.74, 6) is 1.18. The lowest BCUT2D eigenvalue weighted by Crippen LogP contribution is -2.34. The predicted molar refractivity (Wildman–Crippen MR) is 72.3 cm³/mol. The number of imidazole rings is 1. The Morgan fingerprint density at radius 1 is 1.30 bits per heavy atom. The van der Waals surface area contributed by atoms with Crippen LogP contribution in [0.5, 0.6) is 0 Å². The number of likely N-dealkylation sites (tertiary alicyclic amines) is 1. The first-order valence-electron chi connectivity index (χ1n) is 6.99. The van der Waals surface area contributed by atoms with Crippen molar-refractivity contribution in [1.29, 1.82) is 0 Å². The Bertz CT molecular complexity index is 673. The zero-order valence-corrected chi connectivity index (χ0v) is 11.5. The van der Waals surface area contributed by atoms with Crippen LogP contribution in [0.3, 0.4) is 0 Å². The van der Waals surface area contributed by atoms with E-state index in [0.29, 0.717) is 5.69 Å². The minimum absolute atomic E-state index is 0.0347. The zero-order chi connectivity index (χ0) is 13.7. The Morgan fingerprint density at radius 2 is 2.15 bits per heavy atom. The van der Waals surface area contributed by atoms with E-state index in [1.165, 1.54) is 0 Å². The summed E-state index contributed by atoms with van der Waals surface area (Å²) in [7, 11) is 1.83. The number of hydrogen-bond acceptors (Lipinski definition) is 3. The van der Waals surface area contributed by atoms with Gasteiger partial charge in [-0.05, 0) is 18.9 Å². The van der Waals surface area contributed by atoms with Crippen molar-refractivity contribution in [3.63, 3.8) is 0 Å². The molecule has 2 aliphatic rings. The molecule has 1 saturated heterocycles. The summed E-state index contributed by atoms with van der Waals surface area (Å²) in [6.45, 7) is 2.57. The van der Waals surface area contributed by atoms with Crippen LogP contribution in [0.2, 0.25) is 0 Å². The van der Waals surface area contributed by atoms with Gasteiger partial charge in [0.05, 0.1) is 0 Å². The molecule has 2 aromatic heterocycles. The third-order valence-electron chi connectivity index (χ3n) is 4.59. The van der Waals surface area contributed by atoms with Gasteiger partial charge in [-0.3, -0.25) is 9.48 Å². The zero-order valence-electron chi connectivity index (χ0n) is 11.5. The first-order valence-corrected chi connectivity index (χ1v) is 6.99. The van der Waals surface area contributed by atoms with Crippen molar-refractivity contribution >= 4 is 5.91 Å². The number of fused-ring (bicyclic) bond motifs is 2. The quantitative estimate of drug-likeness (QED) is 0.771. The molecule has 104 valence electrons. The van der Waals surface area contributed by atoms with E-state index in [9.17, 15) is 4.79 Å². The second kappa shape index (κ2) is 3.94. The maximum atomic E-state index is 12.5. The summed E-state index contributed by atoms with van der Waals surface area (Å²) >= 11 is 0. The summed E-state index contributed by atoms with van der Waals surface area (Å²) in [5, 5.41) is 4.21. The number of rotatable bonds is 1. The van der Waals surface area contributed by atoms with Gasteiger partial charge < -0.3 is 9.47 Å². The Hall–Kier alpha value is -2.11. The molecule has 1 spiro atoms. The van der Waals surface area contributed by atoms with E-state index in [2.05, 4.69) is 14.6 Å². The van der Waals surface area contributed by atoms with E-state index in [1.54, 1.807) is 16.9 Å². The van der Waals surface area contributed by atoms with Crippen molar-refractivity contribution in [2.45, 2.75) is 24.8 Å². The summed E-state index contributed by atoms with van der Waals surface area (Å²) in [6.07, 6.45) is 7.79. The highest BCUT2D eigenvalue weighted by atomic mass is 16.2. The molecule has 0 aliphatic carbocycles. The fraction of sp³-hybridized carbons (Fsp3) is 0.500. The molecule has 0 unspecified atom stereocenters. The Balaban J connectivity index is 1.58. The van der Waals surface area contributed by atoms with Crippen LogP contribution in [-0.4, -0.2) is 43.2 Å².